The van der Waals surface area contributed by atoms with Crippen LogP contribution in [-0.2, 0) is 22.4 Å². The number of fused-ring (bicyclic) bond motifs is 3. The summed E-state index contributed by atoms with van der Waals surface area (Å²) in [4.78, 5) is 37.6. The van der Waals surface area contributed by atoms with Gasteiger partial charge in [0.05, 0.1) is 5.39 Å². The summed E-state index contributed by atoms with van der Waals surface area (Å²) in [5.41, 5.74) is 2.68. The first-order valence-electron chi connectivity index (χ1n) is 9.70. The first-order chi connectivity index (χ1) is 13.5. The summed E-state index contributed by atoms with van der Waals surface area (Å²) < 4.78 is 11.4. The Labute approximate surface area is 161 Å². The molecule has 1 saturated heterocycles. The SMILES string of the molecule is Cc1cc(OCC(=O)N2CCCC2C(=O)O)c2c3c(c(=O)oc2c1)CCCC3. The third kappa shape index (κ3) is 3.25. The lowest BCUT2D eigenvalue weighted by molar-refractivity contribution is -0.148. The molecule has 2 aromatic rings. The molecule has 1 aliphatic carbocycles. The van der Waals surface area contributed by atoms with Gasteiger partial charge in [-0.15, -0.1) is 0 Å². The van der Waals surface area contributed by atoms with E-state index in [9.17, 15) is 19.5 Å². The van der Waals surface area contributed by atoms with E-state index in [1.807, 2.05) is 13.0 Å². The molecule has 2 aliphatic rings. The molecule has 1 aliphatic heterocycles. The van der Waals surface area contributed by atoms with Gasteiger partial charge < -0.3 is 19.2 Å². The van der Waals surface area contributed by atoms with Crippen molar-refractivity contribution in [2.75, 3.05) is 13.2 Å². The van der Waals surface area contributed by atoms with E-state index < -0.39 is 12.0 Å². The molecule has 0 saturated carbocycles. The number of aryl methyl sites for hydroxylation is 2. The standard InChI is InChI=1S/C21H23NO6/c1-12-9-16(27-11-18(23)22-8-4-7-15(22)20(24)25)19-13-5-2-3-6-14(13)21(26)28-17(19)10-12/h9-10,15H,2-8,11H2,1H3,(H,24,25). The summed E-state index contributed by atoms with van der Waals surface area (Å²) >= 11 is 0. The maximum atomic E-state index is 12.6. The number of amides is 1. The monoisotopic (exact) mass is 385 g/mol. The molecular weight excluding hydrogens is 362 g/mol. The predicted octanol–water partition coefficient (Wildman–Crippen LogP) is 2.43. The van der Waals surface area contributed by atoms with Gasteiger partial charge in [0, 0.05) is 12.1 Å². The highest BCUT2D eigenvalue weighted by molar-refractivity contribution is 5.90. The van der Waals surface area contributed by atoms with Crippen LogP contribution in [0.15, 0.2) is 21.3 Å². The number of carboxylic acids is 1. The van der Waals surface area contributed by atoms with E-state index in [0.717, 1.165) is 35.8 Å². The normalized spacial score (nSPS) is 18.9. The summed E-state index contributed by atoms with van der Waals surface area (Å²) in [6.45, 7) is 2.06. The van der Waals surface area contributed by atoms with Gasteiger partial charge in [0.15, 0.2) is 6.61 Å². The van der Waals surface area contributed by atoms with Crippen molar-refractivity contribution in [2.24, 2.45) is 0 Å². The van der Waals surface area contributed by atoms with Crippen LogP contribution in [-0.4, -0.2) is 41.1 Å². The Balaban J connectivity index is 1.66. The van der Waals surface area contributed by atoms with Crippen LogP contribution in [0, 0.1) is 6.92 Å². The lowest BCUT2D eigenvalue weighted by Crippen LogP contribution is -2.42. The molecule has 0 bridgehead atoms. The third-order valence-electron chi connectivity index (χ3n) is 5.64. The number of nitrogens with zero attached hydrogens (tertiary/aromatic N) is 1. The van der Waals surface area contributed by atoms with Gasteiger partial charge in [-0.25, -0.2) is 9.59 Å². The van der Waals surface area contributed by atoms with Crippen LogP contribution in [0.5, 0.6) is 5.75 Å². The van der Waals surface area contributed by atoms with Crippen LogP contribution in [0.25, 0.3) is 11.0 Å². The fraction of sp³-hybridized carbons (Fsp3) is 0.476. The minimum Gasteiger partial charge on any atom is -0.483 e. The molecule has 148 valence electrons. The molecule has 28 heavy (non-hydrogen) atoms. The number of carboxylic acid groups (broad SMARTS) is 1. The second kappa shape index (κ2) is 7.30. The molecule has 0 radical (unpaired) electrons. The minimum absolute atomic E-state index is 0.240. The Kier molecular flexibility index (Phi) is 4.83. The Bertz CT molecular complexity index is 1010. The lowest BCUT2D eigenvalue weighted by atomic mass is 9.90. The summed E-state index contributed by atoms with van der Waals surface area (Å²) in [6, 6.07) is 2.86. The van der Waals surface area contributed by atoms with Crippen LogP contribution in [0.4, 0.5) is 0 Å². The van der Waals surface area contributed by atoms with Crippen LogP contribution < -0.4 is 10.4 Å². The van der Waals surface area contributed by atoms with Crippen LogP contribution in [0.2, 0.25) is 0 Å². The Morgan fingerprint density at radius 2 is 1.96 bits per heavy atom. The van der Waals surface area contributed by atoms with E-state index in [2.05, 4.69) is 0 Å². The van der Waals surface area contributed by atoms with E-state index >= 15 is 0 Å². The first-order valence-corrected chi connectivity index (χ1v) is 9.70. The number of likely N-dealkylation sites (tertiary alicyclic amines) is 1. The van der Waals surface area contributed by atoms with E-state index in [-0.39, 0.29) is 18.1 Å². The molecule has 7 nitrogen and oxygen atoms in total. The number of benzene rings is 1. The lowest BCUT2D eigenvalue weighted by Gasteiger charge is -2.22. The Morgan fingerprint density at radius 3 is 2.71 bits per heavy atom. The second-order valence-corrected chi connectivity index (χ2v) is 7.56. The first kappa shape index (κ1) is 18.5. The van der Waals surface area contributed by atoms with Crippen LogP contribution in [0.3, 0.4) is 0 Å². The van der Waals surface area contributed by atoms with E-state index in [1.165, 1.54) is 4.90 Å². The average molecular weight is 385 g/mol. The topological polar surface area (TPSA) is 97.0 Å². The predicted molar refractivity (Wildman–Crippen MR) is 102 cm³/mol. The number of aliphatic carboxylic acids is 1. The van der Waals surface area contributed by atoms with Crippen molar-refractivity contribution in [2.45, 2.75) is 51.5 Å². The molecule has 1 N–H and O–H groups in total. The van der Waals surface area contributed by atoms with Gasteiger partial charge in [-0.05, 0) is 68.7 Å². The Hall–Kier alpha value is -2.83. The molecular formula is C21H23NO6. The highest BCUT2D eigenvalue weighted by Crippen LogP contribution is 2.34. The average Bonchev–Trinajstić information content (AvgIpc) is 3.16. The number of carbonyl (C=O) groups excluding carboxylic acids is 1. The van der Waals surface area contributed by atoms with E-state index in [1.54, 1.807) is 6.07 Å². The van der Waals surface area contributed by atoms with Crippen molar-refractivity contribution in [3.63, 3.8) is 0 Å². The van der Waals surface area contributed by atoms with Crippen LogP contribution in [0.1, 0.15) is 42.4 Å². The number of hydrogen-bond donors (Lipinski definition) is 1. The minimum atomic E-state index is -0.984. The second-order valence-electron chi connectivity index (χ2n) is 7.56. The van der Waals surface area contributed by atoms with Crippen molar-refractivity contribution in [3.05, 3.63) is 39.2 Å². The van der Waals surface area contributed by atoms with Gasteiger partial charge in [0.2, 0.25) is 0 Å². The highest BCUT2D eigenvalue weighted by Gasteiger charge is 2.34. The zero-order valence-corrected chi connectivity index (χ0v) is 15.8. The maximum Gasteiger partial charge on any atom is 0.339 e. The molecule has 0 spiro atoms. The van der Waals surface area contributed by atoms with Gasteiger partial charge >= 0.3 is 11.6 Å². The molecule has 2 heterocycles. The largest absolute Gasteiger partial charge is 0.483 e. The highest BCUT2D eigenvalue weighted by atomic mass is 16.5. The smallest absolute Gasteiger partial charge is 0.339 e. The Morgan fingerprint density at radius 1 is 1.21 bits per heavy atom. The zero-order valence-electron chi connectivity index (χ0n) is 15.8. The van der Waals surface area contributed by atoms with Gasteiger partial charge in [0.25, 0.3) is 5.91 Å². The van der Waals surface area contributed by atoms with Crippen LogP contribution >= 0.6 is 0 Å². The number of ether oxygens (including phenoxy) is 1. The third-order valence-corrected chi connectivity index (χ3v) is 5.64. The van der Waals surface area contributed by atoms with Gasteiger partial charge in [-0.3, -0.25) is 4.79 Å². The van der Waals surface area contributed by atoms with E-state index in [0.29, 0.717) is 42.7 Å². The van der Waals surface area contributed by atoms with Gasteiger partial charge in [0.1, 0.15) is 17.4 Å². The van der Waals surface area contributed by atoms with Crippen molar-refractivity contribution in [1.29, 1.82) is 0 Å². The summed E-state index contributed by atoms with van der Waals surface area (Å²) in [6.07, 6.45) is 4.55. The summed E-state index contributed by atoms with van der Waals surface area (Å²) in [5, 5.41) is 10.0. The van der Waals surface area contributed by atoms with Crippen molar-refractivity contribution in [3.8, 4) is 5.75 Å². The number of rotatable bonds is 4. The van der Waals surface area contributed by atoms with Gasteiger partial charge in [-0.1, -0.05) is 0 Å². The van der Waals surface area contributed by atoms with Crippen molar-refractivity contribution < 1.29 is 23.8 Å². The van der Waals surface area contributed by atoms with E-state index in [4.69, 9.17) is 9.15 Å². The molecule has 7 heteroatoms. The van der Waals surface area contributed by atoms with Crippen molar-refractivity contribution >= 4 is 22.8 Å². The quantitative estimate of drug-likeness (QED) is 0.812. The fourth-order valence-corrected chi connectivity index (χ4v) is 4.33. The van der Waals surface area contributed by atoms with Crippen molar-refractivity contribution in [1.82, 2.24) is 4.90 Å². The maximum absolute atomic E-state index is 12.6. The fourth-order valence-electron chi connectivity index (χ4n) is 4.33. The molecule has 1 unspecified atom stereocenters. The molecule has 1 fully saturated rings. The molecule has 1 amide bonds. The molecule has 1 atom stereocenters. The zero-order chi connectivity index (χ0) is 19.8. The number of hydrogen-bond acceptors (Lipinski definition) is 5. The summed E-state index contributed by atoms with van der Waals surface area (Å²) in [7, 11) is 0. The molecule has 1 aromatic carbocycles. The number of carbonyl (C=O) groups is 2. The molecule has 1 aromatic heterocycles. The summed E-state index contributed by atoms with van der Waals surface area (Å²) in [5.74, 6) is -0.815. The molecule has 4 rings (SSSR count). The van der Waals surface area contributed by atoms with Gasteiger partial charge in [-0.2, -0.15) is 0 Å².